The summed E-state index contributed by atoms with van der Waals surface area (Å²) >= 11 is 5.90. The molecule has 156 valence electrons. The third-order valence-electron chi connectivity index (χ3n) is 4.47. The van der Waals surface area contributed by atoms with Crippen molar-refractivity contribution in [2.45, 2.75) is 45.8 Å². The number of halogens is 1. The summed E-state index contributed by atoms with van der Waals surface area (Å²) in [6.45, 7) is 6.02. The Hall–Kier alpha value is -2.61. The summed E-state index contributed by atoms with van der Waals surface area (Å²) in [7, 11) is 0. The van der Waals surface area contributed by atoms with Gasteiger partial charge in [-0.3, -0.25) is 9.59 Å². The van der Waals surface area contributed by atoms with Gasteiger partial charge in [0.2, 0.25) is 0 Å². The lowest BCUT2D eigenvalue weighted by atomic mass is 9.98. The molecule has 1 atom stereocenters. The fourth-order valence-corrected chi connectivity index (χ4v) is 3.32. The van der Waals surface area contributed by atoms with Crippen molar-refractivity contribution in [2.24, 2.45) is 5.92 Å². The minimum absolute atomic E-state index is 0.157. The number of carbonyl (C=O) groups is 2. The van der Waals surface area contributed by atoms with Crippen molar-refractivity contribution >= 4 is 34.6 Å². The number of benzene rings is 1. The van der Waals surface area contributed by atoms with E-state index in [9.17, 15) is 14.4 Å². The molecule has 1 aliphatic rings. The molecule has 0 spiro atoms. The number of aromatic amines is 1. The van der Waals surface area contributed by atoms with Gasteiger partial charge in [-0.05, 0) is 51.8 Å². The van der Waals surface area contributed by atoms with E-state index in [1.807, 2.05) is 0 Å². The monoisotopic (exact) mass is 421 g/mol. The summed E-state index contributed by atoms with van der Waals surface area (Å²) < 4.78 is 10.7. The molecule has 0 unspecified atom stereocenters. The lowest BCUT2D eigenvalue weighted by molar-refractivity contribution is -0.151. The van der Waals surface area contributed by atoms with E-state index in [0.717, 1.165) is 0 Å². The predicted octanol–water partition coefficient (Wildman–Crippen LogP) is 3.27. The number of aromatic nitrogens is 2. The fraction of sp³-hybridized carbons (Fsp3) is 0.500. The normalized spacial score (nSPS) is 17.2. The van der Waals surface area contributed by atoms with Crippen molar-refractivity contribution in [3.8, 4) is 0 Å². The molecule has 0 saturated carbocycles. The quantitative estimate of drug-likeness (QED) is 0.763. The van der Waals surface area contributed by atoms with Crippen LogP contribution >= 0.6 is 11.6 Å². The Kier molecular flexibility index (Phi) is 6.12. The molecular weight excluding hydrogens is 398 g/mol. The Morgan fingerprint density at radius 2 is 2.10 bits per heavy atom. The molecule has 1 saturated heterocycles. The molecule has 1 fully saturated rings. The molecule has 1 aromatic carbocycles. The van der Waals surface area contributed by atoms with Crippen molar-refractivity contribution < 1.29 is 19.1 Å². The van der Waals surface area contributed by atoms with Gasteiger partial charge in [-0.2, -0.15) is 0 Å². The van der Waals surface area contributed by atoms with Gasteiger partial charge >= 0.3 is 12.1 Å². The van der Waals surface area contributed by atoms with E-state index in [0.29, 0.717) is 35.3 Å². The summed E-state index contributed by atoms with van der Waals surface area (Å²) in [5, 5.41) is 0.809. The fourth-order valence-electron chi connectivity index (χ4n) is 3.15. The van der Waals surface area contributed by atoms with E-state index >= 15 is 0 Å². The maximum absolute atomic E-state index is 12.5. The lowest BCUT2D eigenvalue weighted by Gasteiger charge is -2.33. The second-order valence-corrected chi connectivity index (χ2v) is 8.48. The molecule has 29 heavy (non-hydrogen) atoms. The Balaban J connectivity index is 1.62. The second kappa shape index (κ2) is 8.41. The van der Waals surface area contributed by atoms with Gasteiger partial charge in [-0.25, -0.2) is 9.78 Å². The first kappa shape index (κ1) is 21.1. The number of hydrogen-bond donors (Lipinski definition) is 1. The first-order chi connectivity index (χ1) is 13.6. The number of H-pyrrole nitrogens is 1. The van der Waals surface area contributed by atoms with Crippen LogP contribution in [0.2, 0.25) is 5.02 Å². The summed E-state index contributed by atoms with van der Waals surface area (Å²) in [5.41, 5.74) is -0.474. The topological polar surface area (TPSA) is 102 Å². The van der Waals surface area contributed by atoms with Gasteiger partial charge in [-0.15, -0.1) is 0 Å². The van der Waals surface area contributed by atoms with Crippen molar-refractivity contribution in [2.75, 3.05) is 13.1 Å². The van der Waals surface area contributed by atoms with Crippen LogP contribution in [0.4, 0.5) is 4.79 Å². The molecule has 1 N–H and O–H groups in total. The number of rotatable bonds is 3. The number of nitrogens with one attached hydrogen (secondary N) is 1. The van der Waals surface area contributed by atoms with E-state index < -0.39 is 23.6 Å². The van der Waals surface area contributed by atoms with Crippen LogP contribution in [0.5, 0.6) is 0 Å². The molecule has 2 aromatic rings. The zero-order valence-electron chi connectivity index (χ0n) is 16.7. The van der Waals surface area contributed by atoms with Crippen LogP contribution in [-0.4, -0.2) is 45.6 Å². The molecule has 0 bridgehead atoms. The highest BCUT2D eigenvalue weighted by molar-refractivity contribution is 6.31. The molecule has 3 rings (SSSR count). The molecule has 2 heterocycles. The molecule has 9 heteroatoms. The largest absolute Gasteiger partial charge is 0.457 e. The first-order valence-corrected chi connectivity index (χ1v) is 9.83. The van der Waals surface area contributed by atoms with Crippen molar-refractivity contribution in [3.05, 3.63) is 39.4 Å². The molecule has 1 aliphatic heterocycles. The smallest absolute Gasteiger partial charge is 0.410 e. The van der Waals surface area contributed by atoms with E-state index in [4.69, 9.17) is 21.1 Å². The minimum Gasteiger partial charge on any atom is -0.457 e. The SMILES string of the molecule is CC(C)(C)OC(=O)N1CCC[C@H](C(=O)OCc2nc3ccc(Cl)cc3c(=O)[nH]2)C1. The maximum atomic E-state index is 12.5. The van der Waals surface area contributed by atoms with Gasteiger partial charge in [-0.1, -0.05) is 11.6 Å². The van der Waals surface area contributed by atoms with E-state index in [2.05, 4.69) is 9.97 Å². The molecule has 0 radical (unpaired) electrons. The molecule has 1 aromatic heterocycles. The van der Waals surface area contributed by atoms with Crippen LogP contribution in [0.1, 0.15) is 39.4 Å². The zero-order valence-corrected chi connectivity index (χ0v) is 17.4. The van der Waals surface area contributed by atoms with Crippen LogP contribution in [-0.2, 0) is 20.9 Å². The summed E-state index contributed by atoms with van der Waals surface area (Å²) in [4.78, 5) is 45.3. The number of carbonyl (C=O) groups excluding carboxylic acids is 2. The number of esters is 1. The second-order valence-electron chi connectivity index (χ2n) is 8.05. The van der Waals surface area contributed by atoms with Crippen LogP contribution in [0.25, 0.3) is 10.9 Å². The summed E-state index contributed by atoms with van der Waals surface area (Å²) in [5.74, 6) is -0.627. The predicted molar refractivity (Wildman–Crippen MR) is 108 cm³/mol. The van der Waals surface area contributed by atoms with Gasteiger partial charge in [0.1, 0.15) is 18.0 Å². The van der Waals surface area contributed by atoms with E-state index in [1.165, 1.54) is 11.0 Å². The highest BCUT2D eigenvalue weighted by Gasteiger charge is 2.32. The average Bonchev–Trinajstić information content (AvgIpc) is 2.65. The standard InChI is InChI=1S/C20H24ClN3O5/c1-20(2,3)29-19(27)24-8-4-5-12(10-24)18(26)28-11-16-22-15-7-6-13(21)9-14(15)17(25)23-16/h6-7,9,12H,4-5,8,10-11H2,1-3H3,(H,22,23,25)/t12-/m0/s1. The Morgan fingerprint density at radius 3 is 2.83 bits per heavy atom. The van der Waals surface area contributed by atoms with E-state index in [1.54, 1.807) is 32.9 Å². The van der Waals surface area contributed by atoms with Crippen LogP contribution in [0, 0.1) is 5.92 Å². The average molecular weight is 422 g/mol. The molecule has 8 nitrogen and oxygen atoms in total. The lowest BCUT2D eigenvalue weighted by Crippen LogP contribution is -2.45. The minimum atomic E-state index is -0.595. The van der Waals surface area contributed by atoms with Crippen LogP contribution < -0.4 is 5.56 Å². The van der Waals surface area contributed by atoms with Crippen molar-refractivity contribution in [3.63, 3.8) is 0 Å². The third-order valence-corrected chi connectivity index (χ3v) is 4.71. The van der Waals surface area contributed by atoms with Gasteiger partial charge in [0.15, 0.2) is 0 Å². The Labute approximate surface area is 173 Å². The van der Waals surface area contributed by atoms with Gasteiger partial charge in [0, 0.05) is 18.1 Å². The number of amides is 1. The number of fused-ring (bicyclic) bond motifs is 1. The molecule has 0 aliphatic carbocycles. The zero-order chi connectivity index (χ0) is 21.2. The summed E-state index contributed by atoms with van der Waals surface area (Å²) in [6.07, 6.45) is 0.873. The first-order valence-electron chi connectivity index (χ1n) is 9.45. The van der Waals surface area contributed by atoms with Gasteiger partial charge < -0.3 is 19.4 Å². The van der Waals surface area contributed by atoms with Gasteiger partial charge in [0.05, 0.1) is 16.8 Å². The Morgan fingerprint density at radius 1 is 1.34 bits per heavy atom. The molecular formula is C20H24ClN3O5. The summed E-state index contributed by atoms with van der Waals surface area (Å²) in [6, 6.07) is 4.81. The highest BCUT2D eigenvalue weighted by atomic mass is 35.5. The van der Waals surface area contributed by atoms with Crippen molar-refractivity contribution in [1.82, 2.24) is 14.9 Å². The van der Waals surface area contributed by atoms with Crippen LogP contribution in [0.15, 0.2) is 23.0 Å². The van der Waals surface area contributed by atoms with Crippen LogP contribution in [0.3, 0.4) is 0 Å². The van der Waals surface area contributed by atoms with E-state index in [-0.39, 0.29) is 24.5 Å². The van der Waals surface area contributed by atoms with Gasteiger partial charge in [0.25, 0.3) is 5.56 Å². The molecule has 1 amide bonds. The maximum Gasteiger partial charge on any atom is 0.410 e. The Bertz CT molecular complexity index is 982. The number of likely N-dealkylation sites (tertiary alicyclic amines) is 1. The highest BCUT2D eigenvalue weighted by Crippen LogP contribution is 2.21. The number of ether oxygens (including phenoxy) is 2. The number of nitrogens with zero attached hydrogens (tertiary/aromatic N) is 2. The number of piperidine rings is 1. The third kappa shape index (κ3) is 5.47. The van der Waals surface area contributed by atoms with Crippen molar-refractivity contribution in [1.29, 1.82) is 0 Å². The number of hydrogen-bond acceptors (Lipinski definition) is 6.